The molecule has 0 spiro atoms. The Balaban J connectivity index is 1.79. The molecule has 0 saturated carbocycles. The Kier molecular flexibility index (Phi) is 4.06. The van der Waals surface area contributed by atoms with Crippen LogP contribution in [0.5, 0.6) is 0 Å². The second kappa shape index (κ2) is 6.16. The van der Waals surface area contributed by atoms with Gasteiger partial charge in [0.05, 0.1) is 11.9 Å². The summed E-state index contributed by atoms with van der Waals surface area (Å²) in [5, 5.41) is 2.79. The van der Waals surface area contributed by atoms with Crippen molar-refractivity contribution in [3.63, 3.8) is 0 Å². The zero-order valence-corrected chi connectivity index (χ0v) is 13.1. The van der Waals surface area contributed by atoms with Crippen LogP contribution in [0.2, 0.25) is 0 Å². The van der Waals surface area contributed by atoms with Crippen LogP contribution >= 0.6 is 0 Å². The minimum Gasteiger partial charge on any atom is -0.321 e. The maximum Gasteiger partial charge on any atom is 0.275 e. The molecule has 0 bridgehead atoms. The van der Waals surface area contributed by atoms with Crippen molar-refractivity contribution in [1.82, 2.24) is 9.97 Å². The number of rotatable bonds is 3. The average molecular weight is 310 g/mol. The molecule has 1 N–H and O–H groups in total. The fourth-order valence-corrected chi connectivity index (χ4v) is 2.66. The summed E-state index contributed by atoms with van der Waals surface area (Å²) < 4.78 is 0. The van der Waals surface area contributed by atoms with Gasteiger partial charge in [-0.05, 0) is 38.5 Å². The van der Waals surface area contributed by atoms with Crippen LogP contribution in [0.3, 0.4) is 0 Å². The largest absolute Gasteiger partial charge is 0.321 e. The summed E-state index contributed by atoms with van der Waals surface area (Å²) in [6, 6.07) is 7.47. The van der Waals surface area contributed by atoms with Crippen LogP contribution in [0.4, 0.5) is 11.4 Å². The normalized spacial score (nSPS) is 17.4. The van der Waals surface area contributed by atoms with Crippen molar-refractivity contribution in [1.29, 1.82) is 0 Å². The van der Waals surface area contributed by atoms with Crippen LogP contribution in [-0.2, 0) is 4.79 Å². The van der Waals surface area contributed by atoms with Gasteiger partial charge >= 0.3 is 0 Å². The number of amides is 2. The Labute approximate surface area is 134 Å². The highest BCUT2D eigenvalue weighted by molar-refractivity contribution is 6.03. The van der Waals surface area contributed by atoms with Gasteiger partial charge in [0.15, 0.2) is 0 Å². The van der Waals surface area contributed by atoms with E-state index in [0.717, 1.165) is 17.8 Å². The average Bonchev–Trinajstić information content (AvgIpc) is 2.87. The summed E-state index contributed by atoms with van der Waals surface area (Å²) in [7, 11) is 0. The molecule has 1 aromatic heterocycles. The Morgan fingerprint density at radius 1 is 1.30 bits per heavy atom. The minimum atomic E-state index is -0.324. The first-order chi connectivity index (χ1) is 11.0. The van der Waals surface area contributed by atoms with Gasteiger partial charge in [-0.25, -0.2) is 4.98 Å². The van der Waals surface area contributed by atoms with Crippen LogP contribution in [0.15, 0.2) is 36.7 Å². The van der Waals surface area contributed by atoms with E-state index in [1.54, 1.807) is 23.2 Å². The number of carbonyl (C=O) groups excluding carboxylic acids is 2. The van der Waals surface area contributed by atoms with Crippen molar-refractivity contribution in [2.24, 2.45) is 0 Å². The van der Waals surface area contributed by atoms with Gasteiger partial charge in [0.1, 0.15) is 5.69 Å². The molecule has 23 heavy (non-hydrogen) atoms. The molecule has 6 heteroatoms. The molecule has 1 aliphatic heterocycles. The molecule has 0 radical (unpaired) electrons. The first kappa shape index (κ1) is 15.1. The van der Waals surface area contributed by atoms with Gasteiger partial charge in [-0.2, -0.15) is 0 Å². The second-order valence-corrected chi connectivity index (χ2v) is 5.70. The van der Waals surface area contributed by atoms with E-state index in [-0.39, 0.29) is 23.6 Å². The van der Waals surface area contributed by atoms with E-state index >= 15 is 0 Å². The number of anilines is 2. The lowest BCUT2D eigenvalue weighted by atomic mass is 10.2. The predicted octanol–water partition coefficient (Wildman–Crippen LogP) is 2.55. The van der Waals surface area contributed by atoms with Crippen molar-refractivity contribution in [2.45, 2.75) is 32.7 Å². The topological polar surface area (TPSA) is 75.2 Å². The smallest absolute Gasteiger partial charge is 0.275 e. The van der Waals surface area contributed by atoms with E-state index in [4.69, 9.17) is 0 Å². The summed E-state index contributed by atoms with van der Waals surface area (Å²) >= 11 is 0. The van der Waals surface area contributed by atoms with Gasteiger partial charge in [0, 0.05) is 30.0 Å². The van der Waals surface area contributed by atoms with E-state index in [2.05, 4.69) is 15.3 Å². The maximum atomic E-state index is 12.2. The van der Waals surface area contributed by atoms with Crippen molar-refractivity contribution >= 4 is 23.2 Å². The lowest BCUT2D eigenvalue weighted by molar-refractivity contribution is -0.117. The summed E-state index contributed by atoms with van der Waals surface area (Å²) in [6.45, 7) is 3.84. The number of nitrogens with zero attached hydrogens (tertiary/aromatic N) is 3. The van der Waals surface area contributed by atoms with Crippen LogP contribution in [0.25, 0.3) is 0 Å². The third-order valence-electron chi connectivity index (χ3n) is 3.88. The summed E-state index contributed by atoms with van der Waals surface area (Å²) in [5.74, 6) is -0.208. The number of benzene rings is 1. The first-order valence-corrected chi connectivity index (χ1v) is 7.57. The predicted molar refractivity (Wildman–Crippen MR) is 87.3 cm³/mol. The van der Waals surface area contributed by atoms with Gasteiger partial charge in [0.25, 0.3) is 5.91 Å². The molecule has 1 unspecified atom stereocenters. The molecule has 6 nitrogen and oxygen atoms in total. The minimum absolute atomic E-state index is 0.116. The standard InChI is InChI=1S/C17H18N4O2/c1-11-9-19-15(10-18-11)17(23)20-13-4-3-5-14(8-13)21-12(2)6-7-16(21)22/h3-5,8-10,12H,6-7H2,1-2H3,(H,20,23). The molecule has 0 aliphatic carbocycles. The molecular formula is C17H18N4O2. The molecule has 1 aliphatic rings. The Hall–Kier alpha value is -2.76. The molecular weight excluding hydrogens is 292 g/mol. The van der Waals surface area contributed by atoms with Gasteiger partial charge in [-0.15, -0.1) is 0 Å². The highest BCUT2D eigenvalue weighted by atomic mass is 16.2. The number of aromatic nitrogens is 2. The van der Waals surface area contributed by atoms with E-state index in [9.17, 15) is 9.59 Å². The number of hydrogen-bond donors (Lipinski definition) is 1. The number of carbonyl (C=O) groups is 2. The molecule has 1 saturated heterocycles. The van der Waals surface area contributed by atoms with Gasteiger partial charge in [-0.1, -0.05) is 6.07 Å². The third kappa shape index (κ3) is 3.21. The van der Waals surface area contributed by atoms with Crippen LogP contribution < -0.4 is 10.2 Å². The molecule has 2 aromatic rings. The Bertz CT molecular complexity index is 743. The first-order valence-electron chi connectivity index (χ1n) is 7.57. The lowest BCUT2D eigenvalue weighted by Crippen LogP contribution is -2.30. The van der Waals surface area contributed by atoms with Crippen molar-refractivity contribution in [3.05, 3.63) is 48.0 Å². The fourth-order valence-electron chi connectivity index (χ4n) is 2.66. The maximum absolute atomic E-state index is 12.2. The quantitative estimate of drug-likeness (QED) is 0.945. The monoisotopic (exact) mass is 310 g/mol. The Morgan fingerprint density at radius 3 is 2.78 bits per heavy atom. The van der Waals surface area contributed by atoms with E-state index in [0.29, 0.717) is 12.1 Å². The van der Waals surface area contributed by atoms with E-state index in [1.165, 1.54) is 6.20 Å². The fraction of sp³-hybridized carbons (Fsp3) is 0.294. The zero-order valence-electron chi connectivity index (χ0n) is 13.1. The zero-order chi connectivity index (χ0) is 16.4. The number of nitrogens with one attached hydrogen (secondary N) is 1. The molecule has 3 rings (SSSR count). The van der Waals surface area contributed by atoms with Gasteiger partial charge in [-0.3, -0.25) is 14.6 Å². The highest BCUT2D eigenvalue weighted by Gasteiger charge is 2.28. The van der Waals surface area contributed by atoms with Crippen molar-refractivity contribution in [2.75, 3.05) is 10.2 Å². The summed E-state index contributed by atoms with van der Waals surface area (Å²) in [6.07, 6.45) is 4.42. The molecule has 1 atom stereocenters. The van der Waals surface area contributed by atoms with Crippen LogP contribution in [0.1, 0.15) is 35.9 Å². The summed E-state index contributed by atoms with van der Waals surface area (Å²) in [5.41, 5.74) is 2.44. The lowest BCUT2D eigenvalue weighted by Gasteiger charge is -2.22. The van der Waals surface area contributed by atoms with Gasteiger partial charge < -0.3 is 10.2 Å². The number of hydrogen-bond acceptors (Lipinski definition) is 4. The van der Waals surface area contributed by atoms with Crippen LogP contribution in [-0.4, -0.2) is 27.8 Å². The van der Waals surface area contributed by atoms with Gasteiger partial charge in [0.2, 0.25) is 5.91 Å². The molecule has 1 fully saturated rings. The van der Waals surface area contributed by atoms with Crippen molar-refractivity contribution in [3.8, 4) is 0 Å². The molecule has 2 amide bonds. The molecule has 118 valence electrons. The van der Waals surface area contributed by atoms with E-state index < -0.39 is 0 Å². The Morgan fingerprint density at radius 2 is 2.13 bits per heavy atom. The molecule has 1 aromatic carbocycles. The van der Waals surface area contributed by atoms with Crippen molar-refractivity contribution < 1.29 is 9.59 Å². The summed E-state index contributed by atoms with van der Waals surface area (Å²) in [4.78, 5) is 34.1. The SMILES string of the molecule is Cc1cnc(C(=O)Nc2cccc(N3C(=O)CCC3C)c2)cn1. The van der Waals surface area contributed by atoms with Crippen LogP contribution in [0, 0.1) is 6.92 Å². The number of aryl methyl sites for hydroxylation is 1. The molecule has 2 heterocycles. The highest BCUT2D eigenvalue weighted by Crippen LogP contribution is 2.28. The van der Waals surface area contributed by atoms with E-state index in [1.807, 2.05) is 26.0 Å². The third-order valence-corrected chi connectivity index (χ3v) is 3.88. The second-order valence-electron chi connectivity index (χ2n) is 5.70.